The fourth-order valence-electron chi connectivity index (χ4n) is 2.71. The normalized spacial score (nSPS) is 16.7. The highest BCUT2D eigenvalue weighted by Gasteiger charge is 2.29. The molecule has 0 spiro atoms. The number of ether oxygens (including phenoxy) is 1. The van der Waals surface area contributed by atoms with E-state index in [2.05, 4.69) is 0 Å². The van der Waals surface area contributed by atoms with Crippen molar-refractivity contribution in [3.8, 4) is 5.75 Å². The lowest BCUT2D eigenvalue weighted by atomic mass is 9.95. The van der Waals surface area contributed by atoms with Gasteiger partial charge in [-0.05, 0) is 30.5 Å². The van der Waals surface area contributed by atoms with Crippen molar-refractivity contribution < 1.29 is 19.4 Å². The monoisotopic (exact) mass is 296 g/mol. The molecule has 22 heavy (non-hydrogen) atoms. The fourth-order valence-corrected chi connectivity index (χ4v) is 2.71. The van der Waals surface area contributed by atoms with Gasteiger partial charge in [0.1, 0.15) is 17.4 Å². The molecule has 0 aromatic heterocycles. The van der Waals surface area contributed by atoms with Crippen molar-refractivity contribution in [2.45, 2.75) is 25.4 Å². The summed E-state index contributed by atoms with van der Waals surface area (Å²) in [5, 5.41) is 9.23. The summed E-state index contributed by atoms with van der Waals surface area (Å²) < 4.78 is 5.81. The van der Waals surface area contributed by atoms with Gasteiger partial charge in [-0.3, -0.25) is 4.79 Å². The molecule has 112 valence electrons. The van der Waals surface area contributed by atoms with Gasteiger partial charge in [-0.25, -0.2) is 4.79 Å². The van der Waals surface area contributed by atoms with Crippen LogP contribution < -0.4 is 4.74 Å². The number of carbonyl (C=O) groups excluding carboxylic acids is 1. The van der Waals surface area contributed by atoms with Gasteiger partial charge in [-0.1, -0.05) is 36.4 Å². The van der Waals surface area contributed by atoms with Crippen molar-refractivity contribution in [1.82, 2.24) is 0 Å². The van der Waals surface area contributed by atoms with E-state index in [1.54, 1.807) is 12.1 Å². The van der Waals surface area contributed by atoms with E-state index < -0.39 is 5.97 Å². The molecule has 1 N–H and O–H groups in total. The highest BCUT2D eigenvalue weighted by atomic mass is 16.5. The molecule has 0 aliphatic carbocycles. The number of para-hydroxylation sites is 1. The van der Waals surface area contributed by atoms with Gasteiger partial charge in [0.05, 0.1) is 5.56 Å². The first kappa shape index (κ1) is 14.3. The second-order valence-corrected chi connectivity index (χ2v) is 5.38. The number of aromatic carboxylic acids is 1. The minimum Gasteiger partial charge on any atom is -0.488 e. The molecule has 0 saturated carbocycles. The topological polar surface area (TPSA) is 63.6 Å². The Morgan fingerprint density at radius 2 is 1.91 bits per heavy atom. The van der Waals surface area contributed by atoms with E-state index in [0.29, 0.717) is 18.4 Å². The quantitative estimate of drug-likeness (QED) is 0.939. The third-order valence-electron chi connectivity index (χ3n) is 3.84. The predicted octanol–water partition coefficient (Wildman–Crippen LogP) is 3.35. The Hall–Kier alpha value is -2.62. The first-order valence-corrected chi connectivity index (χ1v) is 7.25. The summed E-state index contributed by atoms with van der Waals surface area (Å²) >= 11 is 0. The van der Waals surface area contributed by atoms with Crippen molar-refractivity contribution in [3.05, 3.63) is 65.2 Å². The lowest BCUT2D eigenvalue weighted by Gasteiger charge is -2.26. The molecule has 2 aromatic rings. The number of rotatable bonds is 4. The highest BCUT2D eigenvalue weighted by Crippen LogP contribution is 2.32. The van der Waals surface area contributed by atoms with Gasteiger partial charge >= 0.3 is 5.97 Å². The van der Waals surface area contributed by atoms with Crippen LogP contribution >= 0.6 is 0 Å². The van der Waals surface area contributed by atoms with Crippen molar-refractivity contribution in [3.63, 3.8) is 0 Å². The van der Waals surface area contributed by atoms with Crippen LogP contribution in [0.25, 0.3) is 0 Å². The minimum absolute atomic E-state index is 0.0512. The number of benzene rings is 2. The molecule has 1 unspecified atom stereocenters. The smallest absolute Gasteiger partial charge is 0.339 e. The standard InChI is InChI=1S/C18H16O4/c19-16-11-13(10-9-12-5-2-1-3-6-12)22-17-14(16)7-4-8-15(17)18(20)21/h1-8,13H,9-11H2,(H,20,21). The molecule has 0 fully saturated rings. The Labute approximate surface area is 128 Å². The van der Waals surface area contributed by atoms with Gasteiger partial charge in [0.2, 0.25) is 0 Å². The molecule has 2 aromatic carbocycles. The molecule has 1 aliphatic heterocycles. The molecule has 0 bridgehead atoms. The molecular weight excluding hydrogens is 280 g/mol. The number of hydrogen-bond acceptors (Lipinski definition) is 3. The predicted molar refractivity (Wildman–Crippen MR) is 81.5 cm³/mol. The Bertz CT molecular complexity index is 692. The number of carbonyl (C=O) groups is 2. The van der Waals surface area contributed by atoms with Gasteiger partial charge < -0.3 is 9.84 Å². The van der Waals surface area contributed by atoms with Crippen LogP contribution in [-0.2, 0) is 6.42 Å². The number of hydrogen-bond donors (Lipinski definition) is 1. The van der Waals surface area contributed by atoms with Gasteiger partial charge in [0, 0.05) is 6.42 Å². The van der Waals surface area contributed by atoms with Crippen molar-refractivity contribution in [2.24, 2.45) is 0 Å². The molecule has 0 saturated heterocycles. The summed E-state index contributed by atoms with van der Waals surface area (Å²) in [5.41, 5.74) is 1.60. The summed E-state index contributed by atoms with van der Waals surface area (Å²) in [6.07, 6.45) is 1.50. The van der Waals surface area contributed by atoms with Gasteiger partial charge in [0.25, 0.3) is 0 Å². The zero-order valence-electron chi connectivity index (χ0n) is 12.0. The zero-order valence-corrected chi connectivity index (χ0v) is 12.0. The summed E-state index contributed by atoms with van der Waals surface area (Å²) in [5.74, 6) is -0.917. The molecule has 0 amide bonds. The van der Waals surface area contributed by atoms with Crippen LogP contribution in [0.4, 0.5) is 0 Å². The number of fused-ring (bicyclic) bond motifs is 1. The number of carboxylic acids is 1. The summed E-state index contributed by atoms with van der Waals surface area (Å²) in [6.45, 7) is 0. The maximum absolute atomic E-state index is 12.2. The summed E-state index contributed by atoms with van der Waals surface area (Å²) in [6, 6.07) is 14.6. The van der Waals surface area contributed by atoms with E-state index in [-0.39, 0.29) is 23.2 Å². The third-order valence-corrected chi connectivity index (χ3v) is 3.84. The molecular formula is C18H16O4. The van der Waals surface area contributed by atoms with Crippen LogP contribution in [0.2, 0.25) is 0 Å². The highest BCUT2D eigenvalue weighted by molar-refractivity contribution is 6.04. The van der Waals surface area contributed by atoms with Crippen molar-refractivity contribution >= 4 is 11.8 Å². The zero-order chi connectivity index (χ0) is 15.5. The van der Waals surface area contributed by atoms with Crippen LogP contribution in [0.3, 0.4) is 0 Å². The van der Waals surface area contributed by atoms with E-state index in [9.17, 15) is 14.7 Å². The van der Waals surface area contributed by atoms with E-state index in [1.807, 2.05) is 30.3 Å². The SMILES string of the molecule is O=C(O)c1cccc2c1OC(CCc1ccccc1)CC2=O. The first-order valence-electron chi connectivity index (χ1n) is 7.25. The summed E-state index contributed by atoms with van der Waals surface area (Å²) in [4.78, 5) is 23.5. The van der Waals surface area contributed by atoms with E-state index in [4.69, 9.17) is 4.74 Å². The number of aryl methyl sites for hydroxylation is 1. The number of Topliss-reactive ketones (excluding diaryl/α,β-unsaturated/α-hetero) is 1. The van der Waals surface area contributed by atoms with E-state index in [1.165, 1.54) is 11.6 Å². The molecule has 1 atom stereocenters. The minimum atomic E-state index is -1.08. The van der Waals surface area contributed by atoms with Gasteiger partial charge in [0.15, 0.2) is 5.78 Å². The summed E-state index contributed by atoms with van der Waals surface area (Å²) in [7, 11) is 0. The molecule has 4 heteroatoms. The van der Waals surface area contributed by atoms with Crippen LogP contribution in [0.1, 0.15) is 39.1 Å². The van der Waals surface area contributed by atoms with Gasteiger partial charge in [-0.15, -0.1) is 0 Å². The molecule has 1 aliphatic rings. The van der Waals surface area contributed by atoms with E-state index in [0.717, 1.165) is 6.42 Å². The number of ketones is 1. The average molecular weight is 296 g/mol. The van der Waals surface area contributed by atoms with Crippen molar-refractivity contribution in [1.29, 1.82) is 0 Å². The maximum Gasteiger partial charge on any atom is 0.339 e. The van der Waals surface area contributed by atoms with Crippen LogP contribution in [0.15, 0.2) is 48.5 Å². The molecule has 0 radical (unpaired) electrons. The fraction of sp³-hybridized carbons (Fsp3) is 0.222. The average Bonchev–Trinajstić information content (AvgIpc) is 2.53. The Kier molecular flexibility index (Phi) is 3.92. The second kappa shape index (κ2) is 6.02. The van der Waals surface area contributed by atoms with Gasteiger partial charge in [-0.2, -0.15) is 0 Å². The Morgan fingerprint density at radius 1 is 1.14 bits per heavy atom. The Balaban J connectivity index is 1.78. The molecule has 4 nitrogen and oxygen atoms in total. The number of carboxylic acid groups (broad SMARTS) is 1. The van der Waals surface area contributed by atoms with Crippen LogP contribution in [0.5, 0.6) is 5.75 Å². The lowest BCUT2D eigenvalue weighted by molar-refractivity contribution is 0.0682. The maximum atomic E-state index is 12.2. The van der Waals surface area contributed by atoms with Crippen LogP contribution in [-0.4, -0.2) is 23.0 Å². The largest absolute Gasteiger partial charge is 0.488 e. The Morgan fingerprint density at radius 3 is 2.64 bits per heavy atom. The third kappa shape index (κ3) is 2.86. The van der Waals surface area contributed by atoms with Crippen molar-refractivity contribution in [2.75, 3.05) is 0 Å². The molecule has 3 rings (SSSR count). The first-order chi connectivity index (χ1) is 10.6. The second-order valence-electron chi connectivity index (χ2n) is 5.38. The molecule has 1 heterocycles. The lowest BCUT2D eigenvalue weighted by Crippen LogP contribution is -2.28. The van der Waals surface area contributed by atoms with Crippen LogP contribution in [0, 0.1) is 0 Å². The van der Waals surface area contributed by atoms with E-state index >= 15 is 0 Å².